The first-order valence-electron chi connectivity index (χ1n) is 9.70. The summed E-state index contributed by atoms with van der Waals surface area (Å²) in [6.45, 7) is 6.77. The van der Waals surface area contributed by atoms with Crippen molar-refractivity contribution in [1.82, 2.24) is 4.90 Å². The third-order valence-electron chi connectivity index (χ3n) is 4.62. The molecule has 0 atom stereocenters. The summed E-state index contributed by atoms with van der Waals surface area (Å²) in [7, 11) is 0. The Balaban J connectivity index is 2.07. The van der Waals surface area contributed by atoms with Gasteiger partial charge in [-0.05, 0) is 6.42 Å². The number of rotatable bonds is 13. The summed E-state index contributed by atoms with van der Waals surface area (Å²) in [6, 6.07) is 3.18. The Labute approximate surface area is 147 Å². The normalized spacial score (nSPS) is 14.3. The number of aliphatic carboxylic acids is 1. The van der Waals surface area contributed by atoms with E-state index in [9.17, 15) is 4.79 Å². The van der Waals surface area contributed by atoms with Crippen LogP contribution in [0.2, 0.25) is 0 Å². The highest BCUT2D eigenvalue weighted by Crippen LogP contribution is 2.10. The number of hydrogen-bond acceptors (Lipinski definition) is 2. The van der Waals surface area contributed by atoms with Crippen LogP contribution in [0.15, 0.2) is 0 Å². The predicted octanol–water partition coefficient (Wildman–Crippen LogP) is 3.74. The summed E-state index contributed by atoms with van der Waals surface area (Å²) in [4.78, 5) is 13.0. The molecule has 1 aliphatic heterocycles. The van der Waals surface area contributed by atoms with E-state index >= 15 is 0 Å². The molecule has 0 bridgehead atoms. The van der Waals surface area contributed by atoms with Crippen LogP contribution in [0.25, 0.3) is 0 Å². The molecule has 1 rings (SSSR count). The van der Waals surface area contributed by atoms with E-state index < -0.39 is 5.97 Å². The van der Waals surface area contributed by atoms with E-state index in [1.165, 1.54) is 64.2 Å². The Kier molecular flexibility index (Phi) is 11.0. The van der Waals surface area contributed by atoms with Gasteiger partial charge in [0.2, 0.25) is 12.3 Å². The third-order valence-corrected chi connectivity index (χ3v) is 4.62. The highest BCUT2D eigenvalue weighted by molar-refractivity contribution is 5.94. The lowest BCUT2D eigenvalue weighted by atomic mass is 10.1. The van der Waals surface area contributed by atoms with Crippen LogP contribution in [0.3, 0.4) is 0 Å². The molecule has 0 amide bonds. The molecule has 0 fully saturated rings. The molecule has 0 spiro atoms. The van der Waals surface area contributed by atoms with E-state index in [-0.39, 0.29) is 6.54 Å². The summed E-state index contributed by atoms with van der Waals surface area (Å²) in [5.41, 5.74) is 0.864. The standard InChI is InChI=1S/C20H34N2O2/c1-3-4-5-6-7-8-9-10-11-12-14-21-15-13-19(2)22(17-16-21)18-20(23)24/h3-12,14,16-18H2,1-2H3/p+1. The molecule has 0 saturated carbocycles. The van der Waals surface area contributed by atoms with E-state index in [0.29, 0.717) is 0 Å². The first kappa shape index (κ1) is 20.5. The van der Waals surface area contributed by atoms with Crippen molar-refractivity contribution in [3.05, 3.63) is 0 Å². The van der Waals surface area contributed by atoms with Gasteiger partial charge in [-0.15, -0.1) is 0 Å². The number of hydrogen-bond donors (Lipinski definition) is 1. The maximum Gasteiger partial charge on any atom is 0.369 e. The Bertz CT molecular complexity index is 460. The quantitative estimate of drug-likeness (QED) is 0.317. The van der Waals surface area contributed by atoms with Gasteiger partial charge in [0.25, 0.3) is 0 Å². The first-order valence-corrected chi connectivity index (χ1v) is 9.70. The fraction of sp³-hybridized carbons (Fsp3) is 0.800. The minimum atomic E-state index is -0.792. The van der Waals surface area contributed by atoms with Crippen LogP contribution in [-0.4, -0.2) is 52.4 Å². The lowest BCUT2D eigenvalue weighted by molar-refractivity contribution is -0.517. The summed E-state index contributed by atoms with van der Waals surface area (Å²) in [5.74, 6) is 2.30. The van der Waals surface area contributed by atoms with Gasteiger partial charge in [-0.1, -0.05) is 64.7 Å². The lowest BCUT2D eigenvalue weighted by Crippen LogP contribution is -2.31. The molecule has 0 aromatic carbocycles. The smallest absolute Gasteiger partial charge is 0.369 e. The minimum absolute atomic E-state index is 0.0482. The minimum Gasteiger partial charge on any atom is -0.477 e. The second-order valence-electron chi connectivity index (χ2n) is 6.81. The van der Waals surface area contributed by atoms with E-state index in [0.717, 1.165) is 25.3 Å². The van der Waals surface area contributed by atoms with Crippen molar-refractivity contribution in [3.8, 4) is 12.0 Å². The number of carboxylic acid groups (broad SMARTS) is 1. The lowest BCUT2D eigenvalue weighted by Gasteiger charge is -2.15. The van der Waals surface area contributed by atoms with Crippen LogP contribution >= 0.6 is 0 Å². The van der Waals surface area contributed by atoms with Crippen LogP contribution in [0.4, 0.5) is 0 Å². The summed E-state index contributed by atoms with van der Waals surface area (Å²) >= 11 is 0. The van der Waals surface area contributed by atoms with Crippen molar-refractivity contribution in [2.45, 2.75) is 78.1 Å². The van der Waals surface area contributed by atoms with Gasteiger partial charge in [-0.2, -0.15) is 0 Å². The van der Waals surface area contributed by atoms with Gasteiger partial charge in [0.15, 0.2) is 6.54 Å². The van der Waals surface area contributed by atoms with E-state index in [4.69, 9.17) is 5.11 Å². The molecule has 1 heterocycles. The Morgan fingerprint density at radius 1 is 1.08 bits per heavy atom. The second-order valence-corrected chi connectivity index (χ2v) is 6.81. The van der Waals surface area contributed by atoms with E-state index in [1.807, 2.05) is 11.5 Å². The molecule has 1 aliphatic rings. The number of carbonyl (C=O) groups is 1. The zero-order valence-corrected chi connectivity index (χ0v) is 15.6. The van der Waals surface area contributed by atoms with Gasteiger partial charge in [-0.3, -0.25) is 0 Å². The van der Waals surface area contributed by atoms with Crippen LogP contribution in [0, 0.1) is 12.0 Å². The van der Waals surface area contributed by atoms with Gasteiger partial charge in [0.05, 0.1) is 6.54 Å². The number of unbranched alkanes of at least 4 members (excludes halogenated alkanes) is 9. The van der Waals surface area contributed by atoms with E-state index in [1.54, 1.807) is 0 Å². The molecule has 136 valence electrons. The fourth-order valence-electron chi connectivity index (χ4n) is 3.02. The molecule has 0 unspecified atom stereocenters. The zero-order chi connectivity index (χ0) is 17.6. The molecular formula is C20H35N2O2+. The van der Waals surface area contributed by atoms with Gasteiger partial charge < -0.3 is 10.0 Å². The molecule has 0 aromatic heterocycles. The predicted molar refractivity (Wildman–Crippen MR) is 99.5 cm³/mol. The maximum atomic E-state index is 10.9. The topological polar surface area (TPSA) is 43.5 Å². The van der Waals surface area contributed by atoms with Gasteiger partial charge in [0.1, 0.15) is 0 Å². The number of nitrogens with zero attached hydrogens (tertiary/aromatic N) is 2. The van der Waals surface area contributed by atoms with Crippen molar-refractivity contribution < 1.29 is 14.5 Å². The average molecular weight is 336 g/mol. The summed E-state index contributed by atoms with van der Waals surface area (Å²) in [6.07, 6.45) is 13.4. The van der Waals surface area contributed by atoms with Gasteiger partial charge in [0, 0.05) is 25.4 Å². The van der Waals surface area contributed by atoms with Gasteiger partial charge in [-0.25, -0.2) is 9.37 Å². The third kappa shape index (κ3) is 9.60. The van der Waals surface area contributed by atoms with Crippen molar-refractivity contribution >= 4 is 11.7 Å². The molecule has 4 nitrogen and oxygen atoms in total. The Morgan fingerprint density at radius 2 is 1.67 bits per heavy atom. The largest absolute Gasteiger partial charge is 0.477 e. The molecule has 0 aliphatic carbocycles. The molecule has 4 heteroatoms. The van der Waals surface area contributed by atoms with Crippen LogP contribution in [-0.2, 0) is 4.79 Å². The average Bonchev–Trinajstić information content (AvgIpc) is 2.72. The summed E-state index contributed by atoms with van der Waals surface area (Å²) < 4.78 is 1.86. The molecule has 1 N–H and O–H groups in total. The monoisotopic (exact) mass is 335 g/mol. The van der Waals surface area contributed by atoms with Crippen molar-refractivity contribution in [2.24, 2.45) is 0 Å². The van der Waals surface area contributed by atoms with Gasteiger partial charge >= 0.3 is 5.97 Å². The second kappa shape index (κ2) is 12.9. The molecule has 24 heavy (non-hydrogen) atoms. The highest BCUT2D eigenvalue weighted by atomic mass is 16.4. The molecule has 0 saturated heterocycles. The van der Waals surface area contributed by atoms with Crippen LogP contribution in [0.5, 0.6) is 0 Å². The Hall–Kier alpha value is -1.50. The van der Waals surface area contributed by atoms with Crippen molar-refractivity contribution in [2.75, 3.05) is 26.2 Å². The fourth-order valence-corrected chi connectivity index (χ4v) is 3.02. The van der Waals surface area contributed by atoms with Crippen molar-refractivity contribution in [3.63, 3.8) is 0 Å². The zero-order valence-electron chi connectivity index (χ0n) is 15.6. The van der Waals surface area contributed by atoms with Crippen molar-refractivity contribution in [1.29, 1.82) is 0 Å². The Morgan fingerprint density at radius 3 is 2.25 bits per heavy atom. The molecule has 0 aromatic rings. The molecular weight excluding hydrogens is 300 g/mol. The first-order chi connectivity index (χ1) is 11.6. The van der Waals surface area contributed by atoms with Crippen LogP contribution < -0.4 is 0 Å². The SMILES string of the molecule is CCCCCCCCCCCCN1C#CC(C)=[N+](CC(=O)O)CC1. The molecule has 0 radical (unpaired) electrons. The van der Waals surface area contributed by atoms with Crippen LogP contribution in [0.1, 0.15) is 78.1 Å². The van der Waals surface area contributed by atoms with E-state index in [2.05, 4.69) is 23.8 Å². The maximum absolute atomic E-state index is 10.9. The highest BCUT2D eigenvalue weighted by Gasteiger charge is 2.17. The number of carboxylic acids is 1. The summed E-state index contributed by atoms with van der Waals surface area (Å²) in [5, 5.41) is 8.93.